The quantitative estimate of drug-likeness (QED) is 0.0743. The van der Waals surface area contributed by atoms with Gasteiger partial charge in [0.05, 0.1) is 55.3 Å². The highest BCUT2D eigenvalue weighted by molar-refractivity contribution is 6.38. The Morgan fingerprint density at radius 1 is 0.559 bits per heavy atom. The van der Waals surface area contributed by atoms with Gasteiger partial charge >= 0.3 is 5.97 Å². The minimum absolute atomic E-state index is 0.00396. The molecule has 6 rings (SSSR count). The number of benzene rings is 6. The molecule has 0 radical (unpaired) electrons. The molecule has 0 atom stereocenters. The van der Waals surface area contributed by atoms with Crippen LogP contribution in [0.25, 0.3) is 0 Å². The number of ketones is 1. The third-order valence-electron chi connectivity index (χ3n) is 7.50. The van der Waals surface area contributed by atoms with Gasteiger partial charge < -0.3 is 24.1 Å². The first-order valence-electron chi connectivity index (χ1n) is 16.2. The summed E-state index contributed by atoms with van der Waals surface area (Å²) in [5.74, 6) is -0.511. The minimum Gasteiger partial charge on any atom is -0.497 e. The number of rotatable bonds is 11. The first kappa shape index (κ1) is 45.2. The number of hydrogen-bond donors (Lipinski definition) is 1. The molecule has 0 amide bonds. The number of non-ortho nitro benzene ring substituents is 2. The van der Waals surface area contributed by atoms with E-state index in [1.807, 2.05) is 0 Å². The van der Waals surface area contributed by atoms with Crippen molar-refractivity contribution in [2.75, 3.05) is 14.2 Å². The van der Waals surface area contributed by atoms with E-state index < -0.39 is 33.2 Å². The second-order valence-electron chi connectivity index (χ2n) is 11.4. The molecule has 304 valence electrons. The van der Waals surface area contributed by atoms with Crippen molar-refractivity contribution in [3.8, 4) is 34.5 Å². The van der Waals surface area contributed by atoms with Crippen LogP contribution in [0.5, 0.6) is 34.5 Å². The van der Waals surface area contributed by atoms with Crippen molar-refractivity contribution < 1.29 is 52.3 Å². The lowest BCUT2D eigenvalue weighted by molar-refractivity contribution is -0.385. The molecule has 0 unspecified atom stereocenters. The number of nitrogens with zero attached hydrogens (tertiary/aromatic N) is 2. The van der Waals surface area contributed by atoms with Crippen molar-refractivity contribution >= 4 is 69.5 Å². The van der Waals surface area contributed by atoms with Crippen molar-refractivity contribution in [1.29, 1.82) is 0 Å². The Labute approximate surface area is 353 Å². The van der Waals surface area contributed by atoms with Crippen LogP contribution in [-0.4, -0.2) is 40.9 Å². The fraction of sp³-hybridized carbons (Fsp3) is 0.0500. The number of ether oxygens (including phenoxy) is 4. The third-order valence-corrected chi connectivity index (χ3v) is 8.62. The number of aromatic carboxylic acids is 1. The Balaban J connectivity index is 0.000000220. The number of nitro groups is 2. The number of carbonyl (C=O) groups excluding carboxylic acids is 1. The van der Waals surface area contributed by atoms with Gasteiger partial charge in [0.2, 0.25) is 0 Å². The van der Waals surface area contributed by atoms with E-state index in [-0.39, 0.29) is 71.2 Å². The molecule has 6 aromatic carbocycles. The van der Waals surface area contributed by atoms with Crippen LogP contribution < -0.4 is 18.9 Å². The molecular weight excluding hydrogens is 864 g/mol. The molecule has 0 saturated heterocycles. The van der Waals surface area contributed by atoms with E-state index in [1.54, 1.807) is 31.4 Å². The van der Waals surface area contributed by atoms with Crippen LogP contribution in [0.4, 0.5) is 20.2 Å². The largest absolute Gasteiger partial charge is 0.497 e. The maximum absolute atomic E-state index is 13.1. The van der Waals surface area contributed by atoms with Gasteiger partial charge in [-0.2, -0.15) is 0 Å². The summed E-state index contributed by atoms with van der Waals surface area (Å²) in [5.41, 5.74) is 0.0525. The molecule has 19 heteroatoms. The summed E-state index contributed by atoms with van der Waals surface area (Å²) >= 11 is 24.0. The number of carbonyl (C=O) groups is 2. The molecule has 6 aromatic rings. The molecule has 0 aromatic heterocycles. The zero-order chi connectivity index (χ0) is 43.4. The molecule has 0 aliphatic heterocycles. The van der Waals surface area contributed by atoms with Gasteiger partial charge in [0, 0.05) is 29.8 Å². The monoisotopic (exact) mass is 888 g/mol. The van der Waals surface area contributed by atoms with E-state index in [0.29, 0.717) is 11.5 Å². The van der Waals surface area contributed by atoms with Gasteiger partial charge in [-0.15, -0.1) is 0 Å². The Hall–Kier alpha value is -6.52. The van der Waals surface area contributed by atoms with E-state index in [4.69, 9.17) is 70.5 Å². The lowest BCUT2D eigenvalue weighted by Crippen LogP contribution is -2.04. The maximum atomic E-state index is 13.1. The zero-order valence-electron chi connectivity index (χ0n) is 30.2. The lowest BCUT2D eigenvalue weighted by Gasteiger charge is -2.13. The number of methoxy groups -OCH3 is 2. The average Bonchev–Trinajstić information content (AvgIpc) is 3.21. The van der Waals surface area contributed by atoms with Gasteiger partial charge in [-0.3, -0.25) is 25.0 Å². The smallest absolute Gasteiger partial charge is 0.335 e. The Morgan fingerprint density at radius 3 is 1.34 bits per heavy atom. The van der Waals surface area contributed by atoms with Crippen molar-refractivity contribution in [1.82, 2.24) is 0 Å². The van der Waals surface area contributed by atoms with E-state index in [9.17, 15) is 38.6 Å². The second-order valence-corrected chi connectivity index (χ2v) is 13.0. The topological polar surface area (TPSA) is 178 Å². The summed E-state index contributed by atoms with van der Waals surface area (Å²) in [7, 11) is 2.96. The average molecular weight is 890 g/mol. The predicted molar refractivity (Wildman–Crippen MR) is 216 cm³/mol. The van der Waals surface area contributed by atoms with Crippen LogP contribution in [0.2, 0.25) is 20.1 Å². The molecule has 0 bridgehead atoms. The summed E-state index contributed by atoms with van der Waals surface area (Å²) < 4.78 is 46.7. The highest BCUT2D eigenvalue weighted by atomic mass is 35.5. The van der Waals surface area contributed by atoms with E-state index in [0.717, 1.165) is 24.3 Å². The van der Waals surface area contributed by atoms with Crippen molar-refractivity contribution in [3.05, 3.63) is 184 Å². The predicted octanol–water partition coefficient (Wildman–Crippen LogP) is 12.3. The molecule has 0 saturated carbocycles. The molecule has 0 aliphatic rings. The molecule has 0 aliphatic carbocycles. The van der Waals surface area contributed by atoms with Crippen LogP contribution in [0.1, 0.15) is 26.3 Å². The number of nitro benzene ring substituents is 2. The van der Waals surface area contributed by atoms with Gasteiger partial charge in [0.15, 0.2) is 17.3 Å². The van der Waals surface area contributed by atoms with Crippen LogP contribution in [-0.2, 0) is 0 Å². The second kappa shape index (κ2) is 20.8. The van der Waals surface area contributed by atoms with Crippen LogP contribution in [0.3, 0.4) is 0 Å². The van der Waals surface area contributed by atoms with Crippen LogP contribution in [0.15, 0.2) is 115 Å². The molecular formula is C40H26Cl4F2N2O11. The molecule has 0 fully saturated rings. The normalized spacial score (nSPS) is 10.2. The number of halogens is 6. The number of carboxylic acids is 1. The van der Waals surface area contributed by atoms with Crippen LogP contribution >= 0.6 is 46.4 Å². The highest BCUT2D eigenvalue weighted by Gasteiger charge is 2.20. The van der Waals surface area contributed by atoms with E-state index >= 15 is 0 Å². The van der Waals surface area contributed by atoms with Crippen molar-refractivity contribution in [3.63, 3.8) is 0 Å². The van der Waals surface area contributed by atoms with Gasteiger partial charge in [-0.1, -0.05) is 46.4 Å². The van der Waals surface area contributed by atoms with Gasteiger partial charge in [-0.05, 0) is 91.0 Å². The van der Waals surface area contributed by atoms with E-state index in [2.05, 4.69) is 0 Å². The summed E-state index contributed by atoms with van der Waals surface area (Å²) in [4.78, 5) is 43.4. The Bertz CT molecular complexity index is 2450. The van der Waals surface area contributed by atoms with Gasteiger partial charge in [-0.25, -0.2) is 13.6 Å². The molecule has 59 heavy (non-hydrogen) atoms. The summed E-state index contributed by atoms with van der Waals surface area (Å²) in [5, 5.41) is 29.9. The Morgan fingerprint density at radius 2 is 0.949 bits per heavy atom. The van der Waals surface area contributed by atoms with Gasteiger partial charge in [0.25, 0.3) is 11.4 Å². The number of carboxylic acid groups (broad SMARTS) is 1. The maximum Gasteiger partial charge on any atom is 0.335 e. The first-order valence-corrected chi connectivity index (χ1v) is 17.8. The fourth-order valence-corrected chi connectivity index (χ4v) is 5.76. The fourth-order valence-electron chi connectivity index (χ4n) is 4.66. The number of hydrogen-bond acceptors (Lipinski definition) is 10. The standard InChI is InChI=1S/C20H12Cl2FNO5.C13H9Cl2NO4.C7H5FO2/c1-28-18-7-6-14(10-15(18)19(25)11-2-4-12(23)5-3-11)29-20-16(21)8-13(24(26)27)9-17(20)22;1-19-9-2-4-10(5-3-9)20-13-11(14)6-8(16(17)18)7-12(13)15;8-6-3-1-5(2-4-6)7(9)10/h2-10H,1H3;2-7H,1H3;1-4H,(H,9,10). The summed E-state index contributed by atoms with van der Waals surface area (Å²) in [6, 6.07) is 25.5. The molecule has 0 heterocycles. The molecule has 13 nitrogen and oxygen atoms in total. The summed E-state index contributed by atoms with van der Waals surface area (Å²) in [6.45, 7) is 0. The van der Waals surface area contributed by atoms with Gasteiger partial charge in [0.1, 0.15) is 34.6 Å². The lowest BCUT2D eigenvalue weighted by atomic mass is 10.0. The molecule has 0 spiro atoms. The van der Waals surface area contributed by atoms with Crippen LogP contribution in [0, 0.1) is 31.9 Å². The summed E-state index contributed by atoms with van der Waals surface area (Å²) in [6.07, 6.45) is 0. The first-order chi connectivity index (χ1) is 28.0. The van der Waals surface area contributed by atoms with Crippen molar-refractivity contribution in [2.45, 2.75) is 0 Å². The zero-order valence-corrected chi connectivity index (χ0v) is 33.2. The minimum atomic E-state index is -1.04. The highest BCUT2D eigenvalue weighted by Crippen LogP contribution is 2.41. The third kappa shape index (κ3) is 12.5. The molecule has 1 N–H and O–H groups in total. The van der Waals surface area contributed by atoms with Crippen molar-refractivity contribution in [2.24, 2.45) is 0 Å². The SMILES string of the molecule is COc1ccc(Oc2c(Cl)cc([N+](=O)[O-])cc2Cl)cc1.COc1ccc(Oc2c(Cl)cc([N+](=O)[O-])cc2Cl)cc1C(=O)c1ccc(F)cc1.O=C(O)c1ccc(F)cc1. The van der Waals surface area contributed by atoms with E-state index in [1.165, 1.54) is 73.8 Å². The Kier molecular flexibility index (Phi) is 15.9.